The fourth-order valence-corrected chi connectivity index (χ4v) is 3.89. The molecule has 3 aliphatic rings. The van der Waals surface area contributed by atoms with Crippen molar-refractivity contribution >= 4 is 11.9 Å². The largest absolute Gasteiger partial charge is 0.480 e. The van der Waals surface area contributed by atoms with E-state index in [0.29, 0.717) is 24.4 Å². The number of nitrogens with one attached hydrogen (secondary N) is 1. The van der Waals surface area contributed by atoms with E-state index < -0.39 is 12.0 Å². The van der Waals surface area contributed by atoms with Gasteiger partial charge in [0.05, 0.1) is 6.54 Å². The molecule has 0 spiro atoms. The summed E-state index contributed by atoms with van der Waals surface area (Å²) >= 11 is 0. The van der Waals surface area contributed by atoms with E-state index in [0.717, 1.165) is 32.1 Å². The van der Waals surface area contributed by atoms with Gasteiger partial charge in [-0.05, 0) is 44.4 Å². The fraction of sp³-hybridized carbons (Fsp3) is 0.867. The number of likely N-dealkylation sites (tertiary alicyclic amines) is 1. The second kappa shape index (κ2) is 5.72. The number of piperidine rings is 1. The van der Waals surface area contributed by atoms with Crippen LogP contribution in [0.2, 0.25) is 0 Å². The van der Waals surface area contributed by atoms with Crippen molar-refractivity contribution in [1.29, 1.82) is 0 Å². The van der Waals surface area contributed by atoms with Gasteiger partial charge >= 0.3 is 5.97 Å². The Kier molecular flexibility index (Phi) is 3.96. The number of hydrogen-bond donors (Lipinski definition) is 2. The zero-order valence-corrected chi connectivity index (χ0v) is 11.9. The van der Waals surface area contributed by atoms with E-state index >= 15 is 0 Å². The smallest absolute Gasteiger partial charge is 0.320 e. The number of aliphatic carboxylic acids is 1. The molecule has 3 fully saturated rings. The summed E-state index contributed by atoms with van der Waals surface area (Å²) in [7, 11) is 0. The summed E-state index contributed by atoms with van der Waals surface area (Å²) in [5, 5.41) is 12.4. The van der Waals surface area contributed by atoms with E-state index in [1.807, 2.05) is 4.90 Å². The van der Waals surface area contributed by atoms with Crippen LogP contribution in [0.25, 0.3) is 0 Å². The molecular weight excluding hydrogens is 256 g/mol. The number of nitrogens with zero attached hydrogens (tertiary/aromatic N) is 1. The van der Waals surface area contributed by atoms with E-state index in [2.05, 4.69) is 5.32 Å². The number of amides is 1. The van der Waals surface area contributed by atoms with Gasteiger partial charge in [-0.2, -0.15) is 0 Å². The van der Waals surface area contributed by atoms with Crippen molar-refractivity contribution < 1.29 is 14.7 Å². The SMILES string of the molecule is O=C(CN1C(C(=O)O)CCC2CCCCC21)NC1CC1. The van der Waals surface area contributed by atoms with E-state index in [9.17, 15) is 14.7 Å². The van der Waals surface area contributed by atoms with Crippen LogP contribution in [0.1, 0.15) is 51.4 Å². The normalized spacial score (nSPS) is 34.3. The Morgan fingerprint density at radius 1 is 1.05 bits per heavy atom. The first kappa shape index (κ1) is 13.9. The quantitative estimate of drug-likeness (QED) is 0.816. The van der Waals surface area contributed by atoms with Crippen LogP contribution in [0.4, 0.5) is 0 Å². The highest BCUT2D eigenvalue weighted by molar-refractivity contribution is 5.80. The van der Waals surface area contributed by atoms with Gasteiger partial charge in [0.15, 0.2) is 0 Å². The van der Waals surface area contributed by atoms with Gasteiger partial charge in [-0.15, -0.1) is 0 Å². The molecule has 0 aromatic rings. The van der Waals surface area contributed by atoms with E-state index in [-0.39, 0.29) is 12.5 Å². The molecule has 5 nitrogen and oxygen atoms in total. The molecular formula is C15H24N2O3. The predicted molar refractivity (Wildman–Crippen MR) is 74.3 cm³/mol. The molecule has 0 aromatic heterocycles. The van der Waals surface area contributed by atoms with Crippen molar-refractivity contribution in [2.75, 3.05) is 6.54 Å². The lowest BCUT2D eigenvalue weighted by Crippen LogP contribution is -2.57. The monoisotopic (exact) mass is 280 g/mol. The van der Waals surface area contributed by atoms with Gasteiger partial charge in [-0.25, -0.2) is 0 Å². The summed E-state index contributed by atoms with van der Waals surface area (Å²) in [4.78, 5) is 25.5. The Balaban J connectivity index is 1.69. The number of hydrogen-bond acceptors (Lipinski definition) is 3. The second-order valence-corrected chi connectivity index (χ2v) is 6.56. The molecule has 1 saturated heterocycles. The molecule has 0 radical (unpaired) electrons. The molecule has 3 unspecified atom stereocenters. The van der Waals surface area contributed by atoms with Gasteiger partial charge in [-0.3, -0.25) is 14.5 Å². The summed E-state index contributed by atoms with van der Waals surface area (Å²) in [6.07, 6.45) is 8.48. The van der Waals surface area contributed by atoms with Crippen molar-refractivity contribution in [2.24, 2.45) is 5.92 Å². The van der Waals surface area contributed by atoms with Gasteiger partial charge in [0, 0.05) is 12.1 Å². The maximum atomic E-state index is 12.1. The molecule has 1 aliphatic heterocycles. The zero-order valence-electron chi connectivity index (χ0n) is 11.9. The molecule has 0 bridgehead atoms. The van der Waals surface area contributed by atoms with Crippen LogP contribution in [0.15, 0.2) is 0 Å². The zero-order chi connectivity index (χ0) is 14.1. The van der Waals surface area contributed by atoms with Crippen LogP contribution in [-0.4, -0.2) is 46.6 Å². The van der Waals surface area contributed by atoms with Crippen molar-refractivity contribution in [2.45, 2.75) is 69.5 Å². The highest BCUT2D eigenvalue weighted by Crippen LogP contribution is 2.37. The maximum absolute atomic E-state index is 12.1. The Bertz CT molecular complexity index is 395. The average Bonchev–Trinajstić information content (AvgIpc) is 3.22. The minimum atomic E-state index is -0.770. The van der Waals surface area contributed by atoms with Gasteiger partial charge < -0.3 is 10.4 Å². The molecule has 0 aromatic carbocycles. The Morgan fingerprint density at radius 3 is 2.50 bits per heavy atom. The van der Waals surface area contributed by atoms with Crippen LogP contribution in [-0.2, 0) is 9.59 Å². The molecule has 2 N–H and O–H groups in total. The Hall–Kier alpha value is -1.10. The first-order valence-corrected chi connectivity index (χ1v) is 7.93. The lowest BCUT2D eigenvalue weighted by atomic mass is 9.76. The number of carbonyl (C=O) groups excluding carboxylic acids is 1. The summed E-state index contributed by atoms with van der Waals surface area (Å²) in [6, 6.07) is 0.167. The summed E-state index contributed by atoms with van der Waals surface area (Å²) in [5.74, 6) is -0.175. The first-order chi connectivity index (χ1) is 9.65. The van der Waals surface area contributed by atoms with E-state index in [4.69, 9.17) is 0 Å². The first-order valence-electron chi connectivity index (χ1n) is 7.93. The molecule has 5 heteroatoms. The number of carboxylic acid groups (broad SMARTS) is 1. The molecule has 3 atom stereocenters. The number of carboxylic acids is 1. The summed E-state index contributed by atoms with van der Waals surface area (Å²) < 4.78 is 0. The molecule has 112 valence electrons. The third-order valence-electron chi connectivity index (χ3n) is 5.06. The van der Waals surface area contributed by atoms with Gasteiger partial charge in [0.2, 0.25) is 5.91 Å². The van der Waals surface area contributed by atoms with Crippen molar-refractivity contribution in [1.82, 2.24) is 10.2 Å². The van der Waals surface area contributed by atoms with Crippen LogP contribution >= 0.6 is 0 Å². The van der Waals surface area contributed by atoms with Crippen LogP contribution in [0, 0.1) is 5.92 Å². The van der Waals surface area contributed by atoms with Gasteiger partial charge in [0.25, 0.3) is 0 Å². The highest BCUT2D eigenvalue weighted by atomic mass is 16.4. The lowest BCUT2D eigenvalue weighted by molar-refractivity contribution is -0.149. The second-order valence-electron chi connectivity index (χ2n) is 6.56. The molecule has 1 amide bonds. The summed E-state index contributed by atoms with van der Waals surface area (Å²) in [6.45, 7) is 0.259. The Labute approximate surface area is 119 Å². The van der Waals surface area contributed by atoms with E-state index in [1.54, 1.807) is 0 Å². The van der Waals surface area contributed by atoms with Crippen LogP contribution in [0.3, 0.4) is 0 Å². The predicted octanol–water partition coefficient (Wildman–Crippen LogP) is 1.37. The minimum absolute atomic E-state index is 0.00461. The number of fused-ring (bicyclic) bond motifs is 1. The third-order valence-corrected chi connectivity index (χ3v) is 5.06. The van der Waals surface area contributed by atoms with Crippen molar-refractivity contribution in [3.8, 4) is 0 Å². The molecule has 1 heterocycles. The van der Waals surface area contributed by atoms with Crippen LogP contribution < -0.4 is 5.32 Å². The standard InChI is InChI=1S/C15H24N2O3/c18-14(16-11-6-7-11)9-17-12-4-2-1-3-10(12)5-8-13(17)15(19)20/h10-13H,1-9H2,(H,16,18)(H,19,20). The lowest BCUT2D eigenvalue weighted by Gasteiger charge is -2.46. The minimum Gasteiger partial charge on any atom is -0.480 e. The highest BCUT2D eigenvalue weighted by Gasteiger charge is 2.42. The van der Waals surface area contributed by atoms with Crippen LogP contribution in [0.5, 0.6) is 0 Å². The van der Waals surface area contributed by atoms with Crippen molar-refractivity contribution in [3.05, 3.63) is 0 Å². The third kappa shape index (κ3) is 2.97. The average molecular weight is 280 g/mol. The molecule has 3 rings (SSSR count). The van der Waals surface area contributed by atoms with Crippen molar-refractivity contribution in [3.63, 3.8) is 0 Å². The van der Waals surface area contributed by atoms with Gasteiger partial charge in [-0.1, -0.05) is 12.8 Å². The molecule has 20 heavy (non-hydrogen) atoms. The summed E-state index contributed by atoms with van der Waals surface area (Å²) in [5.41, 5.74) is 0. The van der Waals surface area contributed by atoms with Gasteiger partial charge in [0.1, 0.15) is 6.04 Å². The number of rotatable bonds is 4. The molecule has 2 aliphatic carbocycles. The molecule has 2 saturated carbocycles. The maximum Gasteiger partial charge on any atom is 0.320 e. The van der Waals surface area contributed by atoms with E-state index in [1.165, 1.54) is 12.8 Å². The number of carbonyl (C=O) groups is 2. The Morgan fingerprint density at radius 2 is 1.80 bits per heavy atom. The topological polar surface area (TPSA) is 69.6 Å². The fourth-order valence-electron chi connectivity index (χ4n) is 3.89.